The predicted octanol–water partition coefficient (Wildman–Crippen LogP) is 1.51. The Hall–Kier alpha value is -0.680. The van der Waals surface area contributed by atoms with E-state index in [2.05, 4.69) is 10.6 Å². The van der Waals surface area contributed by atoms with Crippen LogP contribution in [0.3, 0.4) is 0 Å². The highest BCUT2D eigenvalue weighted by molar-refractivity contribution is 4.78. The summed E-state index contributed by atoms with van der Waals surface area (Å²) < 4.78 is 0. The van der Waals surface area contributed by atoms with Crippen LogP contribution in [0.4, 0.5) is 0 Å². The molecule has 2 N–H and O–H groups in total. The molecule has 0 spiro atoms. The van der Waals surface area contributed by atoms with Crippen LogP contribution in [-0.4, -0.2) is 29.2 Å². The van der Waals surface area contributed by atoms with Crippen LogP contribution in [-0.2, 0) is 0 Å². The van der Waals surface area contributed by atoms with Crippen molar-refractivity contribution < 1.29 is 4.92 Å². The van der Waals surface area contributed by atoms with Gasteiger partial charge in [0.2, 0.25) is 5.54 Å². The molecule has 1 saturated carbocycles. The Balaban J connectivity index is 2.23. The van der Waals surface area contributed by atoms with Gasteiger partial charge in [0.1, 0.15) is 0 Å². The highest BCUT2D eigenvalue weighted by atomic mass is 16.6. The maximum atomic E-state index is 10.7. The first-order valence-electron chi connectivity index (χ1n) is 6.06. The molecule has 1 rings (SSSR count). The van der Waals surface area contributed by atoms with Crippen molar-refractivity contribution in [3.8, 4) is 0 Å². The number of nitro groups is 1. The number of nitrogens with zero attached hydrogens (tertiary/aromatic N) is 1. The minimum Gasteiger partial charge on any atom is -0.299 e. The fraction of sp³-hybridized carbons (Fsp3) is 1.00. The molecule has 94 valence electrons. The van der Waals surface area contributed by atoms with Crippen LogP contribution in [0.15, 0.2) is 0 Å². The van der Waals surface area contributed by atoms with Gasteiger partial charge in [0, 0.05) is 24.8 Å². The second kappa shape index (κ2) is 5.59. The van der Waals surface area contributed by atoms with Crippen LogP contribution in [0.2, 0.25) is 0 Å². The summed E-state index contributed by atoms with van der Waals surface area (Å²) in [6.45, 7) is 5.69. The molecule has 1 atom stereocenters. The van der Waals surface area contributed by atoms with Crippen molar-refractivity contribution >= 4 is 0 Å². The van der Waals surface area contributed by atoms with Gasteiger partial charge in [-0.05, 0) is 19.8 Å². The van der Waals surface area contributed by atoms with E-state index in [4.69, 9.17) is 0 Å². The van der Waals surface area contributed by atoms with Gasteiger partial charge in [-0.15, -0.1) is 0 Å². The lowest BCUT2D eigenvalue weighted by molar-refractivity contribution is -0.558. The summed E-state index contributed by atoms with van der Waals surface area (Å²) in [6.07, 6.45) is 5.19. The molecule has 1 aliphatic carbocycles. The van der Waals surface area contributed by atoms with Crippen molar-refractivity contribution in [3.05, 3.63) is 10.1 Å². The van der Waals surface area contributed by atoms with Crippen molar-refractivity contribution in [2.24, 2.45) is 0 Å². The Morgan fingerprint density at radius 1 is 1.44 bits per heavy atom. The molecule has 0 saturated heterocycles. The summed E-state index contributed by atoms with van der Waals surface area (Å²) in [5, 5.41) is 17.4. The number of hydrogen-bond acceptors (Lipinski definition) is 4. The standard InChI is InChI=1S/C11H23N3O2/c1-9(13-10-6-4-5-7-10)12-8-11(2,3)14(15)16/h9-10,12-13H,4-8H2,1-3H3. The number of hydrogen-bond donors (Lipinski definition) is 2. The fourth-order valence-electron chi connectivity index (χ4n) is 1.97. The van der Waals surface area contributed by atoms with Crippen LogP contribution >= 0.6 is 0 Å². The lowest BCUT2D eigenvalue weighted by Crippen LogP contribution is -2.51. The second-order valence-corrected chi connectivity index (χ2v) is 5.32. The molecule has 0 radical (unpaired) electrons. The summed E-state index contributed by atoms with van der Waals surface area (Å²) in [4.78, 5) is 10.5. The van der Waals surface area contributed by atoms with Gasteiger partial charge in [-0.3, -0.25) is 20.7 Å². The second-order valence-electron chi connectivity index (χ2n) is 5.32. The largest absolute Gasteiger partial charge is 0.299 e. The van der Waals surface area contributed by atoms with E-state index in [1.807, 2.05) is 6.92 Å². The minimum atomic E-state index is -0.897. The molecule has 1 unspecified atom stereocenters. The zero-order chi connectivity index (χ0) is 12.2. The van der Waals surface area contributed by atoms with E-state index in [9.17, 15) is 10.1 Å². The molecule has 0 amide bonds. The van der Waals surface area contributed by atoms with Crippen molar-refractivity contribution in [2.75, 3.05) is 6.54 Å². The average Bonchev–Trinajstić information content (AvgIpc) is 2.67. The van der Waals surface area contributed by atoms with E-state index in [-0.39, 0.29) is 11.1 Å². The van der Waals surface area contributed by atoms with E-state index in [0.717, 1.165) is 0 Å². The van der Waals surface area contributed by atoms with Crippen molar-refractivity contribution in [1.82, 2.24) is 10.6 Å². The Bertz CT molecular complexity index is 237. The van der Waals surface area contributed by atoms with Crippen LogP contribution < -0.4 is 10.6 Å². The van der Waals surface area contributed by atoms with Crippen molar-refractivity contribution in [2.45, 2.75) is 64.2 Å². The van der Waals surface area contributed by atoms with Gasteiger partial charge in [-0.1, -0.05) is 12.8 Å². The SMILES string of the molecule is CC(NCC(C)(C)[N+](=O)[O-])NC1CCCC1. The Labute approximate surface area is 97.1 Å². The smallest absolute Gasteiger partial charge is 0.229 e. The van der Waals surface area contributed by atoms with Gasteiger partial charge in [0.15, 0.2) is 0 Å². The van der Waals surface area contributed by atoms with Gasteiger partial charge >= 0.3 is 0 Å². The van der Waals surface area contributed by atoms with Crippen molar-refractivity contribution in [3.63, 3.8) is 0 Å². The molecule has 0 bridgehead atoms. The molecule has 5 heteroatoms. The highest BCUT2D eigenvalue weighted by Crippen LogP contribution is 2.17. The fourth-order valence-corrected chi connectivity index (χ4v) is 1.97. The maximum absolute atomic E-state index is 10.7. The monoisotopic (exact) mass is 229 g/mol. The molecular weight excluding hydrogens is 206 g/mol. The molecule has 5 nitrogen and oxygen atoms in total. The normalized spacial score (nSPS) is 19.9. The molecule has 0 aromatic carbocycles. The topological polar surface area (TPSA) is 67.2 Å². The third-order valence-electron chi connectivity index (χ3n) is 3.18. The summed E-state index contributed by atoms with van der Waals surface area (Å²) in [5.74, 6) is 0. The van der Waals surface area contributed by atoms with E-state index in [0.29, 0.717) is 12.6 Å². The zero-order valence-corrected chi connectivity index (χ0v) is 10.5. The average molecular weight is 229 g/mol. The van der Waals surface area contributed by atoms with Gasteiger partial charge in [0.05, 0.1) is 12.7 Å². The summed E-state index contributed by atoms with van der Waals surface area (Å²) in [6, 6.07) is 0.584. The molecular formula is C11H23N3O2. The Morgan fingerprint density at radius 3 is 2.50 bits per heavy atom. The first-order valence-corrected chi connectivity index (χ1v) is 6.06. The maximum Gasteiger partial charge on any atom is 0.229 e. The quantitative estimate of drug-likeness (QED) is 0.411. The molecule has 0 aromatic heterocycles. The molecule has 0 heterocycles. The number of rotatable bonds is 6. The third-order valence-corrected chi connectivity index (χ3v) is 3.18. The Kier molecular flexibility index (Phi) is 4.68. The van der Waals surface area contributed by atoms with Crippen LogP contribution in [0.25, 0.3) is 0 Å². The van der Waals surface area contributed by atoms with Gasteiger partial charge < -0.3 is 0 Å². The summed E-state index contributed by atoms with van der Waals surface area (Å²) >= 11 is 0. The van der Waals surface area contributed by atoms with E-state index in [1.165, 1.54) is 25.7 Å². The molecule has 1 aliphatic rings. The van der Waals surface area contributed by atoms with Crippen LogP contribution in [0.1, 0.15) is 46.5 Å². The van der Waals surface area contributed by atoms with Gasteiger partial charge in [-0.25, -0.2) is 0 Å². The van der Waals surface area contributed by atoms with Gasteiger partial charge in [0.25, 0.3) is 0 Å². The molecule has 0 aromatic rings. The minimum absolute atomic E-state index is 0.141. The van der Waals surface area contributed by atoms with Crippen molar-refractivity contribution in [1.29, 1.82) is 0 Å². The Morgan fingerprint density at radius 2 is 2.00 bits per heavy atom. The predicted molar refractivity (Wildman–Crippen MR) is 63.9 cm³/mol. The van der Waals surface area contributed by atoms with E-state index in [1.54, 1.807) is 13.8 Å². The molecule has 0 aliphatic heterocycles. The molecule has 1 fully saturated rings. The zero-order valence-electron chi connectivity index (χ0n) is 10.5. The number of nitrogens with one attached hydrogen (secondary N) is 2. The highest BCUT2D eigenvalue weighted by Gasteiger charge is 2.30. The van der Waals surface area contributed by atoms with E-state index < -0.39 is 5.54 Å². The van der Waals surface area contributed by atoms with Crippen LogP contribution in [0.5, 0.6) is 0 Å². The van der Waals surface area contributed by atoms with E-state index >= 15 is 0 Å². The third kappa shape index (κ3) is 4.06. The lowest BCUT2D eigenvalue weighted by atomic mass is 10.1. The first kappa shape index (κ1) is 13.4. The molecule has 16 heavy (non-hydrogen) atoms. The lowest BCUT2D eigenvalue weighted by Gasteiger charge is -2.23. The summed E-state index contributed by atoms with van der Waals surface area (Å²) in [5.41, 5.74) is -0.897. The van der Waals surface area contributed by atoms with Crippen LogP contribution in [0, 0.1) is 10.1 Å². The summed E-state index contributed by atoms with van der Waals surface area (Å²) in [7, 11) is 0. The van der Waals surface area contributed by atoms with Gasteiger partial charge in [-0.2, -0.15) is 0 Å². The first-order chi connectivity index (χ1) is 7.42.